The van der Waals surface area contributed by atoms with Gasteiger partial charge in [-0.1, -0.05) is 42.0 Å². The van der Waals surface area contributed by atoms with Crippen molar-refractivity contribution in [2.45, 2.75) is 13.3 Å². The molecule has 0 unspecified atom stereocenters. The Hall–Kier alpha value is -2.13. The predicted molar refractivity (Wildman–Crippen MR) is 85.9 cm³/mol. The van der Waals surface area contributed by atoms with Gasteiger partial charge in [0.15, 0.2) is 0 Å². The SMILES string of the molecule is Cc1ccc(Cc2nc(-c3ccc(N)cc3)cs2)cc1. The van der Waals surface area contributed by atoms with Gasteiger partial charge >= 0.3 is 0 Å². The van der Waals surface area contributed by atoms with E-state index in [1.807, 2.05) is 24.3 Å². The van der Waals surface area contributed by atoms with Crippen LogP contribution >= 0.6 is 11.3 Å². The number of thiazole rings is 1. The Bertz CT molecular complexity index is 697. The van der Waals surface area contributed by atoms with Crippen molar-refractivity contribution in [3.63, 3.8) is 0 Å². The highest BCUT2D eigenvalue weighted by molar-refractivity contribution is 7.10. The van der Waals surface area contributed by atoms with E-state index in [-0.39, 0.29) is 0 Å². The second kappa shape index (κ2) is 5.47. The second-order valence-corrected chi connectivity index (χ2v) is 5.85. The third-order valence-electron chi connectivity index (χ3n) is 3.23. The van der Waals surface area contributed by atoms with Crippen molar-refractivity contribution < 1.29 is 0 Å². The van der Waals surface area contributed by atoms with Crippen LogP contribution in [0.4, 0.5) is 5.69 Å². The molecular formula is C17H16N2S. The molecule has 0 aliphatic heterocycles. The van der Waals surface area contributed by atoms with Gasteiger partial charge < -0.3 is 5.73 Å². The summed E-state index contributed by atoms with van der Waals surface area (Å²) in [6.45, 7) is 2.10. The van der Waals surface area contributed by atoms with Gasteiger partial charge in [-0.25, -0.2) is 4.98 Å². The lowest BCUT2D eigenvalue weighted by Crippen LogP contribution is -1.88. The first kappa shape index (κ1) is 12.9. The molecule has 0 saturated heterocycles. The summed E-state index contributed by atoms with van der Waals surface area (Å²) >= 11 is 1.71. The highest BCUT2D eigenvalue weighted by atomic mass is 32.1. The number of hydrogen-bond donors (Lipinski definition) is 1. The molecule has 0 fully saturated rings. The molecule has 2 N–H and O–H groups in total. The second-order valence-electron chi connectivity index (χ2n) is 4.91. The number of hydrogen-bond acceptors (Lipinski definition) is 3. The molecule has 20 heavy (non-hydrogen) atoms. The van der Waals surface area contributed by atoms with E-state index in [4.69, 9.17) is 10.7 Å². The average Bonchev–Trinajstić information content (AvgIpc) is 2.91. The van der Waals surface area contributed by atoms with Gasteiger partial charge in [-0.05, 0) is 24.6 Å². The lowest BCUT2D eigenvalue weighted by Gasteiger charge is -1.99. The largest absolute Gasteiger partial charge is 0.399 e. The molecule has 0 aliphatic carbocycles. The van der Waals surface area contributed by atoms with Gasteiger partial charge in [0.1, 0.15) is 0 Å². The smallest absolute Gasteiger partial charge is 0.0976 e. The first-order valence-electron chi connectivity index (χ1n) is 6.56. The number of aryl methyl sites for hydroxylation is 1. The van der Waals surface area contributed by atoms with E-state index in [0.717, 1.165) is 28.4 Å². The van der Waals surface area contributed by atoms with Crippen LogP contribution in [0.15, 0.2) is 53.9 Å². The zero-order chi connectivity index (χ0) is 13.9. The number of nitrogens with zero attached hydrogens (tertiary/aromatic N) is 1. The van der Waals surface area contributed by atoms with E-state index in [1.54, 1.807) is 11.3 Å². The van der Waals surface area contributed by atoms with Crippen molar-refractivity contribution in [3.05, 3.63) is 70.0 Å². The van der Waals surface area contributed by atoms with Gasteiger partial charge in [0, 0.05) is 23.1 Å². The van der Waals surface area contributed by atoms with E-state index in [9.17, 15) is 0 Å². The Morgan fingerprint density at radius 2 is 1.70 bits per heavy atom. The third kappa shape index (κ3) is 2.89. The van der Waals surface area contributed by atoms with Gasteiger partial charge in [0.2, 0.25) is 0 Å². The Labute approximate surface area is 122 Å². The summed E-state index contributed by atoms with van der Waals surface area (Å²) in [5, 5.41) is 3.25. The molecule has 2 aromatic carbocycles. The van der Waals surface area contributed by atoms with Crippen molar-refractivity contribution in [1.82, 2.24) is 4.98 Å². The maximum atomic E-state index is 5.71. The number of aromatic nitrogens is 1. The van der Waals surface area contributed by atoms with E-state index in [0.29, 0.717) is 0 Å². The molecule has 0 amide bonds. The Kier molecular flexibility index (Phi) is 3.52. The third-order valence-corrected chi connectivity index (χ3v) is 4.08. The fraction of sp³-hybridized carbons (Fsp3) is 0.118. The summed E-state index contributed by atoms with van der Waals surface area (Å²) in [6.07, 6.45) is 0.889. The fourth-order valence-corrected chi connectivity index (χ4v) is 2.90. The van der Waals surface area contributed by atoms with Crippen LogP contribution in [-0.2, 0) is 6.42 Å². The molecule has 1 aromatic heterocycles. The number of anilines is 1. The van der Waals surface area contributed by atoms with Gasteiger partial charge in [-0.15, -0.1) is 11.3 Å². The molecule has 2 nitrogen and oxygen atoms in total. The maximum absolute atomic E-state index is 5.71. The van der Waals surface area contributed by atoms with Gasteiger partial charge in [0.25, 0.3) is 0 Å². The topological polar surface area (TPSA) is 38.9 Å². The summed E-state index contributed by atoms with van der Waals surface area (Å²) in [6, 6.07) is 16.5. The molecule has 3 aromatic rings. The van der Waals surface area contributed by atoms with Crippen LogP contribution in [-0.4, -0.2) is 4.98 Å². The van der Waals surface area contributed by atoms with Crippen LogP contribution < -0.4 is 5.73 Å². The zero-order valence-electron chi connectivity index (χ0n) is 11.3. The van der Waals surface area contributed by atoms with Gasteiger partial charge in [-0.3, -0.25) is 0 Å². The molecule has 0 radical (unpaired) electrons. The molecule has 0 aliphatic rings. The Balaban J connectivity index is 1.80. The monoisotopic (exact) mass is 280 g/mol. The highest BCUT2D eigenvalue weighted by Gasteiger charge is 2.05. The first-order chi connectivity index (χ1) is 9.70. The van der Waals surface area contributed by atoms with Crippen molar-refractivity contribution in [3.8, 4) is 11.3 Å². The van der Waals surface area contributed by atoms with Crippen LogP contribution in [0, 0.1) is 6.92 Å². The summed E-state index contributed by atoms with van der Waals surface area (Å²) in [5.41, 5.74) is 11.2. The van der Waals surface area contributed by atoms with Crippen molar-refractivity contribution in [2.24, 2.45) is 0 Å². The first-order valence-corrected chi connectivity index (χ1v) is 7.44. The molecule has 0 saturated carbocycles. The quantitative estimate of drug-likeness (QED) is 0.727. The minimum atomic E-state index is 0.781. The molecule has 3 rings (SSSR count). The summed E-state index contributed by atoms with van der Waals surface area (Å²) in [5.74, 6) is 0. The molecule has 0 bridgehead atoms. The predicted octanol–water partition coefficient (Wildman–Crippen LogP) is 4.29. The van der Waals surface area contributed by atoms with E-state index in [2.05, 4.69) is 36.6 Å². The van der Waals surface area contributed by atoms with Crippen LogP contribution in [0.5, 0.6) is 0 Å². The van der Waals surface area contributed by atoms with Crippen LogP contribution in [0.3, 0.4) is 0 Å². The normalized spacial score (nSPS) is 10.7. The van der Waals surface area contributed by atoms with Crippen molar-refractivity contribution in [2.75, 3.05) is 5.73 Å². The van der Waals surface area contributed by atoms with Crippen LogP contribution in [0.25, 0.3) is 11.3 Å². The van der Waals surface area contributed by atoms with Crippen molar-refractivity contribution in [1.29, 1.82) is 0 Å². The molecule has 100 valence electrons. The standard InChI is InChI=1S/C17H16N2S/c1-12-2-4-13(5-3-12)10-17-19-16(11-20-17)14-6-8-15(18)9-7-14/h2-9,11H,10,18H2,1H3. The zero-order valence-corrected chi connectivity index (χ0v) is 12.2. The minimum absolute atomic E-state index is 0.781. The lowest BCUT2D eigenvalue weighted by molar-refractivity contribution is 1.14. The van der Waals surface area contributed by atoms with E-state index < -0.39 is 0 Å². The minimum Gasteiger partial charge on any atom is -0.399 e. The van der Waals surface area contributed by atoms with Gasteiger partial charge in [0.05, 0.1) is 10.7 Å². The van der Waals surface area contributed by atoms with Gasteiger partial charge in [-0.2, -0.15) is 0 Å². The summed E-state index contributed by atoms with van der Waals surface area (Å²) in [7, 11) is 0. The molecular weight excluding hydrogens is 264 g/mol. The van der Waals surface area contributed by atoms with Crippen LogP contribution in [0.2, 0.25) is 0 Å². The van der Waals surface area contributed by atoms with E-state index >= 15 is 0 Å². The Morgan fingerprint density at radius 3 is 2.40 bits per heavy atom. The van der Waals surface area contributed by atoms with Crippen molar-refractivity contribution >= 4 is 17.0 Å². The van der Waals surface area contributed by atoms with Crippen LogP contribution in [0.1, 0.15) is 16.1 Å². The highest BCUT2D eigenvalue weighted by Crippen LogP contribution is 2.24. The molecule has 3 heteroatoms. The maximum Gasteiger partial charge on any atom is 0.0976 e. The number of nitrogen functional groups attached to an aromatic ring is 1. The lowest BCUT2D eigenvalue weighted by atomic mass is 10.1. The molecule has 0 atom stereocenters. The van der Waals surface area contributed by atoms with E-state index in [1.165, 1.54) is 11.1 Å². The molecule has 0 spiro atoms. The average molecular weight is 280 g/mol. The molecule has 1 heterocycles. The number of rotatable bonds is 3. The number of nitrogens with two attached hydrogens (primary N) is 1. The summed E-state index contributed by atoms with van der Waals surface area (Å²) in [4.78, 5) is 4.71. The fourth-order valence-electron chi connectivity index (χ4n) is 2.06. The number of benzene rings is 2. The summed E-state index contributed by atoms with van der Waals surface area (Å²) < 4.78 is 0. The Morgan fingerprint density at radius 1 is 1.00 bits per heavy atom.